The second-order valence-electron chi connectivity index (χ2n) is 3.15. The van der Waals surface area contributed by atoms with Gasteiger partial charge in [-0.3, -0.25) is 4.79 Å². The molecule has 4 heteroatoms. The van der Waals surface area contributed by atoms with Crippen molar-refractivity contribution in [3.63, 3.8) is 0 Å². The second kappa shape index (κ2) is 8.95. The zero-order valence-corrected chi connectivity index (χ0v) is 10.4. The van der Waals surface area contributed by atoms with Crippen LogP contribution >= 0.6 is 0 Å². The smallest absolute Gasteiger partial charge is 0.330 e. The third-order valence-corrected chi connectivity index (χ3v) is 2.08. The number of carbonyl (C=O) groups excluding carboxylic acids is 2. The molecule has 0 aromatic carbocycles. The van der Waals surface area contributed by atoms with Gasteiger partial charge in [0.15, 0.2) is 0 Å². The SMILES string of the molecule is C/C=C\C(=O)OCCN1CCCC1=O.CC. The van der Waals surface area contributed by atoms with Crippen LogP contribution in [0.4, 0.5) is 0 Å². The minimum Gasteiger partial charge on any atom is -0.461 e. The van der Waals surface area contributed by atoms with Crippen LogP contribution < -0.4 is 0 Å². The molecular weight excluding hydrogens is 206 g/mol. The van der Waals surface area contributed by atoms with Crippen molar-refractivity contribution < 1.29 is 14.3 Å². The van der Waals surface area contributed by atoms with E-state index in [0.29, 0.717) is 13.0 Å². The second-order valence-corrected chi connectivity index (χ2v) is 3.15. The molecule has 1 amide bonds. The lowest BCUT2D eigenvalue weighted by atomic mass is 10.4. The normalized spacial score (nSPS) is 14.9. The van der Waals surface area contributed by atoms with Crippen LogP contribution in [0.15, 0.2) is 12.2 Å². The van der Waals surface area contributed by atoms with Crippen molar-refractivity contribution in [1.29, 1.82) is 0 Å². The van der Waals surface area contributed by atoms with Crippen molar-refractivity contribution in [3.8, 4) is 0 Å². The van der Waals surface area contributed by atoms with Gasteiger partial charge in [0.1, 0.15) is 6.61 Å². The Morgan fingerprint density at radius 2 is 2.19 bits per heavy atom. The topological polar surface area (TPSA) is 46.6 Å². The van der Waals surface area contributed by atoms with Crippen molar-refractivity contribution >= 4 is 11.9 Å². The fourth-order valence-electron chi connectivity index (χ4n) is 1.38. The predicted molar refractivity (Wildman–Crippen MR) is 62.9 cm³/mol. The van der Waals surface area contributed by atoms with E-state index in [1.54, 1.807) is 17.9 Å². The van der Waals surface area contributed by atoms with Crippen LogP contribution in [0.2, 0.25) is 0 Å². The average Bonchev–Trinajstić information content (AvgIpc) is 2.68. The first kappa shape index (κ1) is 14.7. The van der Waals surface area contributed by atoms with E-state index in [4.69, 9.17) is 4.74 Å². The first-order chi connectivity index (χ1) is 7.74. The van der Waals surface area contributed by atoms with E-state index < -0.39 is 0 Å². The number of esters is 1. The number of ether oxygens (including phenoxy) is 1. The number of rotatable bonds is 4. The lowest BCUT2D eigenvalue weighted by Gasteiger charge is -2.14. The number of nitrogens with zero attached hydrogens (tertiary/aromatic N) is 1. The molecular formula is C12H21NO3. The summed E-state index contributed by atoms with van der Waals surface area (Å²) in [5.74, 6) is -0.189. The third-order valence-electron chi connectivity index (χ3n) is 2.08. The third kappa shape index (κ3) is 5.53. The van der Waals surface area contributed by atoms with Crippen LogP contribution in [0.5, 0.6) is 0 Å². The molecule has 92 valence electrons. The lowest BCUT2D eigenvalue weighted by molar-refractivity contribution is -0.140. The largest absolute Gasteiger partial charge is 0.461 e. The maximum atomic E-state index is 11.1. The molecule has 0 bridgehead atoms. The van der Waals surface area contributed by atoms with Gasteiger partial charge in [0, 0.05) is 19.0 Å². The number of hydrogen-bond donors (Lipinski definition) is 0. The Kier molecular flexibility index (Phi) is 8.21. The maximum Gasteiger partial charge on any atom is 0.330 e. The summed E-state index contributed by atoms with van der Waals surface area (Å²) in [5, 5.41) is 0. The molecule has 1 rings (SSSR count). The highest BCUT2D eigenvalue weighted by Gasteiger charge is 2.19. The minimum atomic E-state index is -0.348. The highest BCUT2D eigenvalue weighted by Crippen LogP contribution is 2.08. The summed E-state index contributed by atoms with van der Waals surface area (Å²) < 4.78 is 4.87. The molecule has 4 nitrogen and oxygen atoms in total. The van der Waals surface area contributed by atoms with Gasteiger partial charge in [0.05, 0.1) is 6.54 Å². The van der Waals surface area contributed by atoms with Gasteiger partial charge in [-0.15, -0.1) is 0 Å². The Morgan fingerprint density at radius 1 is 1.50 bits per heavy atom. The van der Waals surface area contributed by atoms with E-state index in [1.165, 1.54) is 6.08 Å². The molecule has 0 aromatic heterocycles. The zero-order valence-electron chi connectivity index (χ0n) is 10.4. The molecule has 1 saturated heterocycles. The predicted octanol–water partition coefficient (Wildman–Crippen LogP) is 1.75. The monoisotopic (exact) mass is 227 g/mol. The van der Waals surface area contributed by atoms with Crippen LogP contribution in [0.25, 0.3) is 0 Å². The summed E-state index contributed by atoms with van der Waals surface area (Å²) >= 11 is 0. The highest BCUT2D eigenvalue weighted by atomic mass is 16.5. The number of allylic oxidation sites excluding steroid dienone is 1. The summed E-state index contributed by atoms with van der Waals surface area (Å²) in [6.45, 7) is 7.35. The number of likely N-dealkylation sites (tertiary alicyclic amines) is 1. The molecule has 0 saturated carbocycles. The van der Waals surface area contributed by atoms with E-state index in [9.17, 15) is 9.59 Å². The Bertz CT molecular complexity index is 249. The summed E-state index contributed by atoms with van der Waals surface area (Å²) in [6.07, 6.45) is 4.54. The van der Waals surface area contributed by atoms with Crippen molar-refractivity contribution in [3.05, 3.63) is 12.2 Å². The van der Waals surface area contributed by atoms with Crippen LogP contribution in [-0.4, -0.2) is 36.5 Å². The molecule has 16 heavy (non-hydrogen) atoms. The lowest BCUT2D eigenvalue weighted by Crippen LogP contribution is -2.29. The van der Waals surface area contributed by atoms with E-state index in [0.717, 1.165) is 13.0 Å². The van der Waals surface area contributed by atoms with Crippen LogP contribution in [0.3, 0.4) is 0 Å². The maximum absolute atomic E-state index is 11.1. The Balaban J connectivity index is 0.00000106. The molecule has 1 fully saturated rings. The van der Waals surface area contributed by atoms with Crippen molar-refractivity contribution in [2.75, 3.05) is 19.7 Å². The number of carbonyl (C=O) groups is 2. The molecule has 0 aromatic rings. The zero-order chi connectivity index (χ0) is 12.4. The van der Waals surface area contributed by atoms with E-state index in [1.807, 2.05) is 13.8 Å². The molecule has 0 atom stereocenters. The summed E-state index contributed by atoms with van der Waals surface area (Å²) in [6, 6.07) is 0. The molecule has 0 radical (unpaired) electrons. The molecule has 1 aliphatic heterocycles. The van der Waals surface area contributed by atoms with Gasteiger partial charge in [-0.1, -0.05) is 19.9 Å². The standard InChI is InChI=1S/C10H15NO3.C2H6/c1-2-4-10(13)14-8-7-11-6-3-5-9(11)12;1-2/h2,4H,3,5-8H2,1H3;1-2H3/b4-2-;. The quantitative estimate of drug-likeness (QED) is 0.543. The van der Waals surface area contributed by atoms with Crippen LogP contribution in [-0.2, 0) is 14.3 Å². The average molecular weight is 227 g/mol. The van der Waals surface area contributed by atoms with Crippen LogP contribution in [0, 0.1) is 0 Å². The van der Waals surface area contributed by atoms with Gasteiger partial charge in [0.25, 0.3) is 0 Å². The summed E-state index contributed by atoms with van der Waals surface area (Å²) in [5.41, 5.74) is 0. The fourth-order valence-corrected chi connectivity index (χ4v) is 1.38. The molecule has 0 aliphatic carbocycles. The van der Waals surface area contributed by atoms with Crippen LogP contribution in [0.1, 0.15) is 33.6 Å². The van der Waals surface area contributed by atoms with Gasteiger partial charge >= 0.3 is 5.97 Å². The highest BCUT2D eigenvalue weighted by molar-refractivity contribution is 5.81. The van der Waals surface area contributed by atoms with Gasteiger partial charge in [0.2, 0.25) is 5.91 Å². The van der Waals surface area contributed by atoms with Gasteiger partial charge in [-0.05, 0) is 13.3 Å². The molecule has 0 spiro atoms. The molecule has 1 aliphatic rings. The first-order valence-electron chi connectivity index (χ1n) is 5.81. The van der Waals surface area contributed by atoms with Gasteiger partial charge < -0.3 is 9.64 Å². The van der Waals surface area contributed by atoms with Crippen molar-refractivity contribution in [1.82, 2.24) is 4.90 Å². The van der Waals surface area contributed by atoms with Crippen molar-refractivity contribution in [2.24, 2.45) is 0 Å². The van der Waals surface area contributed by atoms with Crippen molar-refractivity contribution in [2.45, 2.75) is 33.6 Å². The van der Waals surface area contributed by atoms with Gasteiger partial charge in [-0.2, -0.15) is 0 Å². The number of amides is 1. The summed E-state index contributed by atoms with van der Waals surface area (Å²) in [7, 11) is 0. The first-order valence-corrected chi connectivity index (χ1v) is 5.81. The van der Waals surface area contributed by atoms with Gasteiger partial charge in [-0.25, -0.2) is 4.79 Å². The van der Waals surface area contributed by atoms with E-state index in [-0.39, 0.29) is 18.5 Å². The van der Waals surface area contributed by atoms with E-state index in [2.05, 4.69) is 0 Å². The Hall–Kier alpha value is -1.32. The summed E-state index contributed by atoms with van der Waals surface area (Å²) in [4.78, 5) is 23.8. The minimum absolute atomic E-state index is 0.159. The molecule has 1 heterocycles. The number of hydrogen-bond acceptors (Lipinski definition) is 3. The molecule has 0 N–H and O–H groups in total. The Labute approximate surface area is 97.3 Å². The fraction of sp³-hybridized carbons (Fsp3) is 0.667. The van der Waals surface area contributed by atoms with E-state index >= 15 is 0 Å². The molecule has 0 unspecified atom stereocenters. The Morgan fingerprint density at radius 3 is 2.69 bits per heavy atom.